The lowest BCUT2D eigenvalue weighted by Gasteiger charge is -2.50. The Labute approximate surface area is 229 Å². The number of benzene rings is 2. The van der Waals surface area contributed by atoms with Crippen molar-refractivity contribution in [1.29, 1.82) is 0 Å². The number of halogens is 1. The zero-order valence-electron chi connectivity index (χ0n) is 22.0. The van der Waals surface area contributed by atoms with Crippen LogP contribution in [-0.2, 0) is 12.2 Å². The van der Waals surface area contributed by atoms with Crippen molar-refractivity contribution in [3.8, 4) is 11.5 Å². The lowest BCUT2D eigenvalue weighted by molar-refractivity contribution is -0.125. The van der Waals surface area contributed by atoms with E-state index in [-0.39, 0.29) is 18.6 Å². The van der Waals surface area contributed by atoms with Crippen molar-refractivity contribution in [1.82, 2.24) is 9.88 Å². The molecule has 2 N–H and O–H groups in total. The molecule has 0 radical (unpaired) electrons. The number of pyridine rings is 1. The van der Waals surface area contributed by atoms with Crippen LogP contribution in [0.2, 0.25) is 5.02 Å². The second kappa shape index (κ2) is 11.1. The van der Waals surface area contributed by atoms with E-state index in [4.69, 9.17) is 21.1 Å². The number of rotatable bonds is 7. The smallest absolute Gasteiger partial charge is 0.131 e. The van der Waals surface area contributed by atoms with Gasteiger partial charge in [0.15, 0.2) is 0 Å². The van der Waals surface area contributed by atoms with E-state index in [1.807, 2.05) is 48.5 Å². The monoisotopic (exact) mass is 534 g/mol. The maximum absolute atomic E-state index is 11.7. The van der Waals surface area contributed by atoms with Crippen LogP contribution in [-0.4, -0.2) is 52.9 Å². The van der Waals surface area contributed by atoms with E-state index in [2.05, 4.69) is 35.9 Å². The summed E-state index contributed by atoms with van der Waals surface area (Å²) < 4.78 is 11.8. The lowest BCUT2D eigenvalue weighted by atomic mass is 9.66. The molecule has 38 heavy (non-hydrogen) atoms. The minimum Gasteiger partial charge on any atom is -0.491 e. The molecule has 7 heteroatoms. The largest absolute Gasteiger partial charge is 0.491 e. The molecule has 3 heterocycles. The number of nitrogens with zero attached hydrogens (tertiary/aromatic N) is 2. The number of hydrogen-bond acceptors (Lipinski definition) is 6. The van der Waals surface area contributed by atoms with E-state index in [9.17, 15) is 10.2 Å². The molecule has 0 bridgehead atoms. The van der Waals surface area contributed by atoms with Gasteiger partial charge in [-0.05, 0) is 60.4 Å². The second-order valence-electron chi connectivity index (χ2n) is 10.7. The zero-order chi connectivity index (χ0) is 26.8. The number of hydrogen-bond donors (Lipinski definition) is 2. The van der Waals surface area contributed by atoms with Crippen LogP contribution in [0.5, 0.6) is 11.5 Å². The third kappa shape index (κ3) is 5.32. The van der Waals surface area contributed by atoms with Crippen molar-refractivity contribution in [2.45, 2.75) is 38.9 Å². The van der Waals surface area contributed by atoms with E-state index >= 15 is 0 Å². The lowest BCUT2D eigenvalue weighted by Crippen LogP contribution is -2.55. The van der Waals surface area contributed by atoms with Gasteiger partial charge in [0, 0.05) is 47.4 Å². The van der Waals surface area contributed by atoms with Crippen molar-refractivity contribution in [3.05, 3.63) is 94.3 Å². The highest BCUT2D eigenvalue weighted by atomic mass is 35.5. The molecule has 1 aromatic heterocycles. The van der Waals surface area contributed by atoms with E-state index < -0.39 is 5.60 Å². The summed E-state index contributed by atoms with van der Waals surface area (Å²) in [5, 5.41) is 21.6. The zero-order valence-corrected chi connectivity index (χ0v) is 22.7. The van der Waals surface area contributed by atoms with Crippen molar-refractivity contribution in [2.75, 3.05) is 32.8 Å². The number of likely N-dealkylation sites (tertiary alicyclic amines) is 1. The maximum Gasteiger partial charge on any atom is 0.131 e. The van der Waals surface area contributed by atoms with Gasteiger partial charge in [0.25, 0.3) is 0 Å². The van der Waals surface area contributed by atoms with Crippen LogP contribution in [0.15, 0.2) is 66.9 Å². The molecule has 0 amide bonds. The molecule has 1 atom stereocenters. The molecule has 1 fully saturated rings. The van der Waals surface area contributed by atoms with Crippen molar-refractivity contribution >= 4 is 17.2 Å². The highest BCUT2D eigenvalue weighted by Gasteiger charge is 2.48. The Bertz CT molecular complexity index is 1310. The van der Waals surface area contributed by atoms with Gasteiger partial charge >= 0.3 is 0 Å². The SMILES string of the molecule is CC1(C)CN(CC/C=C2/c3cc(OCCO)ccc3OCc3ncccc32)CCC1(O)c1ccc(Cl)cc1. The van der Waals surface area contributed by atoms with Crippen LogP contribution < -0.4 is 9.47 Å². The molecule has 3 aromatic rings. The standard InChI is InChI=1S/C31H35ClN2O4/c1-30(2)21-34(16-13-31(30,36)22-7-9-23(32)10-8-22)15-4-6-25-26-5-3-14-33-28(26)20-38-29-12-11-24(19-27(25)29)37-18-17-35/h3,5-12,14,19,35-36H,4,13,15-18,20-21H2,1-2H3/b25-6+. The van der Waals surface area contributed by atoms with Gasteiger partial charge in [-0.1, -0.05) is 49.7 Å². The van der Waals surface area contributed by atoms with Gasteiger partial charge in [0.1, 0.15) is 24.7 Å². The maximum atomic E-state index is 11.7. The first-order valence-corrected chi connectivity index (χ1v) is 13.5. The summed E-state index contributed by atoms with van der Waals surface area (Å²) in [6.07, 6.45) is 5.55. The van der Waals surface area contributed by atoms with E-state index in [0.717, 1.165) is 59.8 Å². The molecule has 5 rings (SSSR count). The average Bonchev–Trinajstić information content (AvgIpc) is 3.06. The van der Waals surface area contributed by atoms with Gasteiger partial charge < -0.3 is 24.6 Å². The van der Waals surface area contributed by atoms with Gasteiger partial charge in [-0.3, -0.25) is 4.98 Å². The molecule has 6 nitrogen and oxygen atoms in total. The van der Waals surface area contributed by atoms with Crippen molar-refractivity contribution < 1.29 is 19.7 Å². The van der Waals surface area contributed by atoms with Crippen LogP contribution in [0.3, 0.4) is 0 Å². The fourth-order valence-corrected chi connectivity index (χ4v) is 5.80. The number of piperidine rings is 1. The molecule has 2 aromatic carbocycles. The highest BCUT2D eigenvalue weighted by molar-refractivity contribution is 6.30. The second-order valence-corrected chi connectivity index (χ2v) is 11.1. The molecule has 200 valence electrons. The fraction of sp³-hybridized carbons (Fsp3) is 0.387. The van der Waals surface area contributed by atoms with Crippen molar-refractivity contribution in [3.63, 3.8) is 0 Å². The first-order chi connectivity index (χ1) is 18.3. The summed E-state index contributed by atoms with van der Waals surface area (Å²) in [6, 6.07) is 17.4. The average molecular weight is 535 g/mol. The van der Waals surface area contributed by atoms with Gasteiger partial charge in [0.2, 0.25) is 0 Å². The summed E-state index contributed by atoms with van der Waals surface area (Å²) in [5.41, 5.74) is 3.69. The molecule has 0 saturated carbocycles. The van der Waals surface area contributed by atoms with Gasteiger partial charge in [-0.25, -0.2) is 0 Å². The first-order valence-electron chi connectivity index (χ1n) is 13.2. The Morgan fingerprint density at radius 3 is 2.71 bits per heavy atom. The minimum atomic E-state index is -0.903. The number of ether oxygens (including phenoxy) is 2. The molecule has 1 saturated heterocycles. The number of aromatic nitrogens is 1. The summed E-state index contributed by atoms with van der Waals surface area (Å²) in [6.45, 7) is 7.35. The summed E-state index contributed by atoms with van der Waals surface area (Å²) in [5.74, 6) is 1.48. The van der Waals surface area contributed by atoms with Crippen LogP contribution in [0, 0.1) is 5.41 Å². The Kier molecular flexibility index (Phi) is 7.78. The normalized spacial score (nSPS) is 21.8. The molecule has 0 spiro atoms. The fourth-order valence-electron chi connectivity index (χ4n) is 5.68. The third-order valence-corrected chi connectivity index (χ3v) is 8.04. The highest BCUT2D eigenvalue weighted by Crippen LogP contribution is 2.46. The number of fused-ring (bicyclic) bond motifs is 2. The molecule has 0 aliphatic carbocycles. The van der Waals surface area contributed by atoms with Crippen LogP contribution in [0.1, 0.15) is 49.1 Å². The van der Waals surface area contributed by atoms with Gasteiger partial charge in [0.05, 0.1) is 17.9 Å². The minimum absolute atomic E-state index is 0.0393. The molecular formula is C31H35ClN2O4. The van der Waals surface area contributed by atoms with Crippen LogP contribution >= 0.6 is 11.6 Å². The third-order valence-electron chi connectivity index (χ3n) is 7.79. The molecular weight excluding hydrogens is 500 g/mol. The molecule has 2 aliphatic rings. The van der Waals surface area contributed by atoms with Crippen LogP contribution in [0.4, 0.5) is 0 Å². The summed E-state index contributed by atoms with van der Waals surface area (Å²) in [7, 11) is 0. The van der Waals surface area contributed by atoms with Gasteiger partial charge in [-0.2, -0.15) is 0 Å². The van der Waals surface area contributed by atoms with Crippen molar-refractivity contribution in [2.24, 2.45) is 5.41 Å². The predicted octanol–water partition coefficient (Wildman–Crippen LogP) is 5.44. The Morgan fingerprint density at radius 2 is 1.95 bits per heavy atom. The topological polar surface area (TPSA) is 75.1 Å². The Hall–Kier alpha value is -2.90. The Balaban J connectivity index is 1.36. The van der Waals surface area contributed by atoms with Crippen LogP contribution in [0.25, 0.3) is 5.57 Å². The van der Waals surface area contributed by atoms with Gasteiger partial charge in [-0.15, -0.1) is 0 Å². The predicted molar refractivity (Wildman–Crippen MR) is 149 cm³/mol. The Morgan fingerprint density at radius 1 is 1.13 bits per heavy atom. The summed E-state index contributed by atoms with van der Waals surface area (Å²) >= 11 is 6.09. The quantitative estimate of drug-likeness (QED) is 0.420. The molecule has 1 unspecified atom stereocenters. The number of aliphatic hydroxyl groups is 2. The van der Waals surface area contributed by atoms with E-state index in [1.54, 1.807) is 6.20 Å². The van der Waals surface area contributed by atoms with E-state index in [1.165, 1.54) is 0 Å². The van der Waals surface area contributed by atoms with E-state index in [0.29, 0.717) is 23.8 Å². The first kappa shape index (κ1) is 26.7. The number of aliphatic hydroxyl groups excluding tert-OH is 1. The molecule has 2 aliphatic heterocycles. The summed E-state index contributed by atoms with van der Waals surface area (Å²) in [4.78, 5) is 7.01.